The highest BCUT2D eigenvalue weighted by Crippen LogP contribution is 2.22. The first-order valence-electron chi connectivity index (χ1n) is 4.06. The van der Waals surface area contributed by atoms with Crippen LogP contribution in [0.3, 0.4) is 0 Å². The van der Waals surface area contributed by atoms with Crippen LogP contribution in [0.15, 0.2) is 36.4 Å². The normalized spacial score (nSPS) is 19.9. The zero-order chi connectivity index (χ0) is 9.10. The van der Waals surface area contributed by atoms with E-state index in [1.54, 1.807) is 0 Å². The van der Waals surface area contributed by atoms with Crippen LogP contribution in [0.1, 0.15) is 0 Å². The SMILES string of the molecule is Clc1ccc(NS2=CC=CC2)cc1. The van der Waals surface area contributed by atoms with Gasteiger partial charge in [0.2, 0.25) is 0 Å². The average Bonchev–Trinajstić information content (AvgIpc) is 2.62. The summed E-state index contributed by atoms with van der Waals surface area (Å²) in [4.78, 5) is 0. The molecule has 1 atom stereocenters. The van der Waals surface area contributed by atoms with Gasteiger partial charge in [0.25, 0.3) is 0 Å². The number of allylic oxidation sites excluding steroid dienone is 1. The fourth-order valence-corrected chi connectivity index (χ4v) is 2.56. The minimum atomic E-state index is 0.186. The molecule has 1 aromatic carbocycles. The van der Waals surface area contributed by atoms with Gasteiger partial charge in [-0.05, 0) is 29.6 Å². The van der Waals surface area contributed by atoms with Gasteiger partial charge in [-0.1, -0.05) is 34.4 Å². The molecule has 13 heavy (non-hydrogen) atoms. The molecule has 1 unspecified atom stereocenters. The van der Waals surface area contributed by atoms with Crippen molar-refractivity contribution in [3.8, 4) is 0 Å². The highest BCUT2D eigenvalue weighted by atomic mass is 35.5. The third kappa shape index (κ3) is 2.36. The average molecular weight is 212 g/mol. The summed E-state index contributed by atoms with van der Waals surface area (Å²) in [5.41, 5.74) is 1.13. The zero-order valence-electron chi connectivity index (χ0n) is 7.03. The summed E-state index contributed by atoms with van der Waals surface area (Å²) in [6, 6.07) is 7.80. The lowest BCUT2D eigenvalue weighted by Crippen LogP contribution is -1.90. The summed E-state index contributed by atoms with van der Waals surface area (Å²) >= 11 is 5.78. The molecule has 0 spiro atoms. The molecule has 1 nitrogen and oxygen atoms in total. The smallest absolute Gasteiger partial charge is 0.0436 e. The lowest BCUT2D eigenvalue weighted by molar-refractivity contribution is 1.67. The summed E-state index contributed by atoms with van der Waals surface area (Å²) in [6.07, 6.45) is 4.28. The molecule has 2 rings (SSSR count). The summed E-state index contributed by atoms with van der Waals surface area (Å²) in [7, 11) is 0.186. The monoisotopic (exact) mass is 211 g/mol. The Kier molecular flexibility index (Phi) is 2.71. The van der Waals surface area contributed by atoms with Crippen molar-refractivity contribution in [2.75, 3.05) is 10.5 Å². The number of nitrogens with one attached hydrogen (secondary N) is 1. The molecule has 68 valence electrons. The Hall–Kier alpha value is -0.730. The van der Waals surface area contributed by atoms with Crippen molar-refractivity contribution in [1.29, 1.82) is 0 Å². The third-order valence-electron chi connectivity index (χ3n) is 1.75. The fraction of sp³-hybridized carbons (Fsp3) is 0.100. The van der Waals surface area contributed by atoms with Crippen LogP contribution in [0.25, 0.3) is 0 Å². The predicted molar refractivity (Wildman–Crippen MR) is 62.7 cm³/mol. The first kappa shape index (κ1) is 8.85. The zero-order valence-corrected chi connectivity index (χ0v) is 8.61. The van der Waals surface area contributed by atoms with Gasteiger partial charge in [-0.15, -0.1) is 0 Å². The third-order valence-corrected chi connectivity index (χ3v) is 3.53. The van der Waals surface area contributed by atoms with Crippen LogP contribution in [-0.2, 0) is 0 Å². The van der Waals surface area contributed by atoms with E-state index >= 15 is 0 Å². The van der Waals surface area contributed by atoms with Crippen LogP contribution in [0.5, 0.6) is 0 Å². The van der Waals surface area contributed by atoms with Gasteiger partial charge in [0.1, 0.15) is 0 Å². The van der Waals surface area contributed by atoms with E-state index in [-0.39, 0.29) is 10.7 Å². The lowest BCUT2D eigenvalue weighted by Gasteiger charge is -2.07. The van der Waals surface area contributed by atoms with Gasteiger partial charge in [-0.2, -0.15) is 0 Å². The Balaban J connectivity index is 2.06. The van der Waals surface area contributed by atoms with Crippen LogP contribution in [0.4, 0.5) is 5.69 Å². The van der Waals surface area contributed by atoms with Crippen molar-refractivity contribution in [1.82, 2.24) is 0 Å². The van der Waals surface area contributed by atoms with E-state index in [1.807, 2.05) is 24.3 Å². The molecule has 0 aromatic heterocycles. The van der Waals surface area contributed by atoms with Crippen molar-refractivity contribution in [2.24, 2.45) is 0 Å². The number of hydrogen-bond acceptors (Lipinski definition) is 1. The van der Waals surface area contributed by atoms with Crippen molar-refractivity contribution in [3.05, 3.63) is 41.4 Å². The molecule has 0 radical (unpaired) electrons. The van der Waals surface area contributed by atoms with Gasteiger partial charge in [0, 0.05) is 16.5 Å². The first-order chi connectivity index (χ1) is 6.34. The standard InChI is InChI=1S/C10H10ClNS/c11-9-3-5-10(6-4-9)12-13-7-1-2-8-13/h1-7,12H,8H2. The predicted octanol–water partition coefficient (Wildman–Crippen LogP) is 3.31. The fourth-order valence-electron chi connectivity index (χ4n) is 1.11. The van der Waals surface area contributed by atoms with Crippen molar-refractivity contribution < 1.29 is 0 Å². The van der Waals surface area contributed by atoms with Crippen LogP contribution in [0.2, 0.25) is 5.02 Å². The van der Waals surface area contributed by atoms with Gasteiger partial charge < -0.3 is 4.72 Å². The molecule has 0 fully saturated rings. The van der Waals surface area contributed by atoms with Gasteiger partial charge >= 0.3 is 0 Å². The Morgan fingerprint density at radius 2 is 2.00 bits per heavy atom. The van der Waals surface area contributed by atoms with Gasteiger partial charge in [0.05, 0.1) is 0 Å². The van der Waals surface area contributed by atoms with Crippen LogP contribution in [0, 0.1) is 0 Å². The molecule has 1 aromatic rings. The molecular weight excluding hydrogens is 202 g/mol. The van der Waals surface area contributed by atoms with E-state index in [9.17, 15) is 0 Å². The molecule has 3 heteroatoms. The second kappa shape index (κ2) is 3.99. The summed E-state index contributed by atoms with van der Waals surface area (Å²) < 4.78 is 3.42. The van der Waals surface area contributed by atoms with E-state index in [1.165, 1.54) is 0 Å². The molecule has 1 aliphatic heterocycles. The minimum absolute atomic E-state index is 0.186. The highest BCUT2D eigenvalue weighted by molar-refractivity contribution is 8.16. The molecule has 1 N–H and O–H groups in total. The Morgan fingerprint density at radius 3 is 2.62 bits per heavy atom. The number of halogens is 1. The van der Waals surface area contributed by atoms with Crippen LogP contribution < -0.4 is 4.72 Å². The van der Waals surface area contributed by atoms with E-state index in [2.05, 4.69) is 22.2 Å². The topological polar surface area (TPSA) is 12.0 Å². The quantitative estimate of drug-likeness (QED) is 0.741. The molecule has 1 aliphatic rings. The molecule has 1 heterocycles. The second-order valence-corrected chi connectivity index (χ2v) is 4.87. The molecule has 0 aliphatic carbocycles. The van der Waals surface area contributed by atoms with Crippen LogP contribution in [-0.4, -0.2) is 11.1 Å². The van der Waals surface area contributed by atoms with Crippen molar-refractivity contribution in [3.63, 3.8) is 0 Å². The van der Waals surface area contributed by atoms with Crippen LogP contribution >= 0.6 is 22.3 Å². The maximum atomic E-state index is 5.78. The highest BCUT2D eigenvalue weighted by Gasteiger charge is 1.97. The second-order valence-electron chi connectivity index (χ2n) is 2.77. The summed E-state index contributed by atoms with van der Waals surface area (Å²) in [5, 5.41) is 2.97. The summed E-state index contributed by atoms with van der Waals surface area (Å²) in [6.45, 7) is 0. The van der Waals surface area contributed by atoms with E-state index in [4.69, 9.17) is 11.6 Å². The Bertz CT molecular complexity index is 354. The molecule has 0 bridgehead atoms. The van der Waals surface area contributed by atoms with Crippen molar-refractivity contribution in [2.45, 2.75) is 0 Å². The lowest BCUT2D eigenvalue weighted by atomic mass is 10.3. The van der Waals surface area contributed by atoms with Gasteiger partial charge in [0.15, 0.2) is 0 Å². The van der Waals surface area contributed by atoms with E-state index < -0.39 is 0 Å². The number of benzene rings is 1. The first-order valence-corrected chi connectivity index (χ1v) is 5.90. The maximum Gasteiger partial charge on any atom is 0.0436 e. The maximum absolute atomic E-state index is 5.78. The Labute approximate surface area is 85.5 Å². The molecule has 0 saturated heterocycles. The number of anilines is 1. The van der Waals surface area contributed by atoms with E-state index in [0.717, 1.165) is 16.5 Å². The molecule has 0 amide bonds. The summed E-state index contributed by atoms with van der Waals surface area (Å²) in [5.74, 6) is 1.10. The van der Waals surface area contributed by atoms with Crippen molar-refractivity contribution >= 4 is 33.3 Å². The number of hydrogen-bond donors (Lipinski definition) is 1. The van der Waals surface area contributed by atoms with E-state index in [0.29, 0.717) is 0 Å². The molecular formula is C10H10ClNS. The van der Waals surface area contributed by atoms with Gasteiger partial charge in [-0.25, -0.2) is 0 Å². The molecule has 0 saturated carbocycles. The largest absolute Gasteiger partial charge is 0.335 e. The Morgan fingerprint density at radius 1 is 1.23 bits per heavy atom. The minimum Gasteiger partial charge on any atom is -0.335 e. The van der Waals surface area contributed by atoms with Gasteiger partial charge in [-0.3, -0.25) is 0 Å². The number of rotatable bonds is 2.